The molecule has 0 radical (unpaired) electrons. The number of aliphatic hydroxyl groups is 1. The minimum atomic E-state index is -0.435. The van der Waals surface area contributed by atoms with Gasteiger partial charge in [-0.05, 0) is 37.5 Å². The summed E-state index contributed by atoms with van der Waals surface area (Å²) in [6.07, 6.45) is 2.54. The van der Waals surface area contributed by atoms with Crippen molar-refractivity contribution in [1.29, 1.82) is 0 Å². The van der Waals surface area contributed by atoms with Gasteiger partial charge in [0.25, 0.3) is 0 Å². The summed E-state index contributed by atoms with van der Waals surface area (Å²) in [5.74, 6) is -0.435. The number of benzene rings is 1. The fraction of sp³-hybridized carbons (Fsp3) is 0.417. The normalized spacial score (nSPS) is 24.3. The second-order valence-electron chi connectivity index (χ2n) is 4.19. The first-order chi connectivity index (χ1) is 7.66. The van der Waals surface area contributed by atoms with Crippen LogP contribution < -0.4 is 11.1 Å². The lowest BCUT2D eigenvalue weighted by Gasteiger charge is -2.17. The number of anilines is 1. The molecule has 1 aromatic carbocycles. The Morgan fingerprint density at radius 2 is 2.25 bits per heavy atom. The Labute approximate surface area is 94.5 Å². The van der Waals surface area contributed by atoms with E-state index in [1.54, 1.807) is 18.2 Å². The first-order valence-corrected chi connectivity index (χ1v) is 5.51. The van der Waals surface area contributed by atoms with E-state index >= 15 is 0 Å². The van der Waals surface area contributed by atoms with Gasteiger partial charge in [-0.3, -0.25) is 4.79 Å². The van der Waals surface area contributed by atoms with Gasteiger partial charge in [0.05, 0.1) is 12.1 Å². The molecule has 1 fully saturated rings. The summed E-state index contributed by atoms with van der Waals surface area (Å²) in [7, 11) is 0. The van der Waals surface area contributed by atoms with E-state index in [2.05, 4.69) is 5.32 Å². The van der Waals surface area contributed by atoms with Gasteiger partial charge in [-0.15, -0.1) is 0 Å². The van der Waals surface area contributed by atoms with Crippen molar-refractivity contribution in [2.75, 3.05) is 5.32 Å². The summed E-state index contributed by atoms with van der Waals surface area (Å²) in [6.45, 7) is 0. The molecule has 4 nitrogen and oxygen atoms in total. The molecule has 0 bridgehead atoms. The van der Waals surface area contributed by atoms with Crippen molar-refractivity contribution in [1.82, 2.24) is 0 Å². The van der Waals surface area contributed by atoms with Crippen molar-refractivity contribution in [3.8, 4) is 0 Å². The molecule has 2 rings (SSSR count). The van der Waals surface area contributed by atoms with E-state index in [4.69, 9.17) is 5.73 Å². The van der Waals surface area contributed by atoms with Gasteiger partial charge in [0, 0.05) is 11.3 Å². The van der Waals surface area contributed by atoms with Crippen molar-refractivity contribution < 1.29 is 9.90 Å². The monoisotopic (exact) mass is 220 g/mol. The van der Waals surface area contributed by atoms with Gasteiger partial charge in [0.1, 0.15) is 0 Å². The van der Waals surface area contributed by atoms with Crippen LogP contribution in [0.1, 0.15) is 29.6 Å². The zero-order chi connectivity index (χ0) is 11.5. The highest BCUT2D eigenvalue weighted by molar-refractivity contribution is 5.93. The molecule has 0 aliphatic heterocycles. The van der Waals surface area contributed by atoms with E-state index in [0.29, 0.717) is 5.56 Å². The number of rotatable bonds is 3. The summed E-state index contributed by atoms with van der Waals surface area (Å²) in [5, 5.41) is 12.9. The van der Waals surface area contributed by atoms with Crippen LogP contribution in [0.2, 0.25) is 0 Å². The Balaban J connectivity index is 2.09. The molecular formula is C12H16N2O2. The predicted molar refractivity (Wildman–Crippen MR) is 62.2 cm³/mol. The highest BCUT2D eigenvalue weighted by Gasteiger charge is 2.24. The van der Waals surface area contributed by atoms with Crippen molar-refractivity contribution in [2.45, 2.75) is 31.4 Å². The van der Waals surface area contributed by atoms with Crippen LogP contribution >= 0.6 is 0 Å². The molecule has 0 heterocycles. The molecule has 86 valence electrons. The van der Waals surface area contributed by atoms with Crippen LogP contribution in [-0.2, 0) is 0 Å². The highest BCUT2D eigenvalue weighted by atomic mass is 16.3. The number of carbonyl (C=O) groups is 1. The van der Waals surface area contributed by atoms with E-state index in [9.17, 15) is 9.90 Å². The van der Waals surface area contributed by atoms with Crippen LogP contribution in [0.5, 0.6) is 0 Å². The fourth-order valence-corrected chi connectivity index (χ4v) is 2.09. The Bertz CT molecular complexity index is 392. The van der Waals surface area contributed by atoms with Gasteiger partial charge in [0.2, 0.25) is 5.91 Å². The molecule has 1 aliphatic carbocycles. The Morgan fingerprint density at radius 1 is 1.44 bits per heavy atom. The first kappa shape index (κ1) is 11.0. The molecule has 0 spiro atoms. The second-order valence-corrected chi connectivity index (χ2v) is 4.19. The first-order valence-electron chi connectivity index (χ1n) is 5.51. The maximum Gasteiger partial charge on any atom is 0.248 e. The number of carbonyl (C=O) groups excluding carboxylic acids is 1. The molecule has 0 unspecified atom stereocenters. The van der Waals surface area contributed by atoms with Gasteiger partial charge < -0.3 is 16.2 Å². The molecule has 1 aromatic rings. The molecule has 4 N–H and O–H groups in total. The largest absolute Gasteiger partial charge is 0.391 e. The second kappa shape index (κ2) is 4.53. The average Bonchev–Trinajstić information content (AvgIpc) is 2.65. The number of primary amides is 1. The topological polar surface area (TPSA) is 75.4 Å². The number of nitrogens with two attached hydrogens (primary N) is 1. The zero-order valence-electron chi connectivity index (χ0n) is 9.02. The fourth-order valence-electron chi connectivity index (χ4n) is 2.09. The van der Waals surface area contributed by atoms with Crippen molar-refractivity contribution >= 4 is 11.6 Å². The third kappa shape index (κ3) is 2.33. The van der Waals surface area contributed by atoms with Crippen LogP contribution in [0, 0.1) is 0 Å². The summed E-state index contributed by atoms with van der Waals surface area (Å²) in [5.41, 5.74) is 6.52. The van der Waals surface area contributed by atoms with E-state index in [1.807, 2.05) is 6.07 Å². The van der Waals surface area contributed by atoms with Gasteiger partial charge in [-0.25, -0.2) is 0 Å². The smallest absolute Gasteiger partial charge is 0.248 e. The van der Waals surface area contributed by atoms with Crippen LogP contribution in [0.4, 0.5) is 5.69 Å². The lowest BCUT2D eigenvalue weighted by molar-refractivity contribution is 0.100. The van der Waals surface area contributed by atoms with Gasteiger partial charge in [-0.1, -0.05) is 6.07 Å². The summed E-state index contributed by atoms with van der Waals surface area (Å²) < 4.78 is 0. The Morgan fingerprint density at radius 3 is 2.88 bits per heavy atom. The van der Waals surface area contributed by atoms with Crippen molar-refractivity contribution in [3.63, 3.8) is 0 Å². The molecule has 0 aromatic heterocycles. The van der Waals surface area contributed by atoms with E-state index in [-0.39, 0.29) is 12.1 Å². The average molecular weight is 220 g/mol. The third-order valence-corrected chi connectivity index (χ3v) is 2.98. The highest BCUT2D eigenvalue weighted by Crippen LogP contribution is 2.23. The van der Waals surface area contributed by atoms with Crippen LogP contribution in [0.3, 0.4) is 0 Å². The number of aliphatic hydroxyl groups excluding tert-OH is 1. The maximum atomic E-state index is 11.0. The van der Waals surface area contributed by atoms with Crippen LogP contribution in [0.25, 0.3) is 0 Å². The lowest BCUT2D eigenvalue weighted by Crippen LogP contribution is -2.28. The molecule has 1 saturated carbocycles. The molecule has 1 aliphatic rings. The quantitative estimate of drug-likeness (QED) is 0.714. The summed E-state index contributed by atoms with van der Waals surface area (Å²) in [4.78, 5) is 11.0. The number of amides is 1. The van der Waals surface area contributed by atoms with Crippen molar-refractivity contribution in [2.24, 2.45) is 5.73 Å². The zero-order valence-corrected chi connectivity index (χ0v) is 9.02. The standard InChI is InChI=1S/C12H16N2O2/c13-12(16)8-3-1-4-9(7-8)14-10-5-2-6-11(10)15/h1,3-4,7,10-11,14-15H,2,5-6H2,(H2,13,16)/t10-,11-/m0/s1. The molecule has 0 saturated heterocycles. The predicted octanol–water partition coefficient (Wildman–Crippen LogP) is 1.11. The minimum Gasteiger partial charge on any atom is -0.391 e. The van der Waals surface area contributed by atoms with Gasteiger partial charge in [0.15, 0.2) is 0 Å². The summed E-state index contributed by atoms with van der Waals surface area (Å²) >= 11 is 0. The SMILES string of the molecule is NC(=O)c1cccc(N[C@H]2CCC[C@@H]2O)c1. The number of hydrogen-bond acceptors (Lipinski definition) is 3. The molecule has 16 heavy (non-hydrogen) atoms. The van der Waals surface area contributed by atoms with Gasteiger partial charge >= 0.3 is 0 Å². The Kier molecular flexibility index (Phi) is 3.10. The molecule has 1 amide bonds. The van der Waals surface area contributed by atoms with Gasteiger partial charge in [-0.2, -0.15) is 0 Å². The number of nitrogens with one attached hydrogen (secondary N) is 1. The van der Waals surface area contributed by atoms with E-state index < -0.39 is 5.91 Å². The third-order valence-electron chi connectivity index (χ3n) is 2.98. The van der Waals surface area contributed by atoms with Crippen LogP contribution in [-0.4, -0.2) is 23.2 Å². The maximum absolute atomic E-state index is 11.0. The van der Waals surface area contributed by atoms with E-state index in [0.717, 1.165) is 24.9 Å². The number of hydrogen-bond donors (Lipinski definition) is 3. The molecular weight excluding hydrogens is 204 g/mol. The molecule has 2 atom stereocenters. The molecule has 4 heteroatoms. The lowest BCUT2D eigenvalue weighted by atomic mass is 10.1. The van der Waals surface area contributed by atoms with Crippen molar-refractivity contribution in [3.05, 3.63) is 29.8 Å². The summed E-state index contributed by atoms with van der Waals surface area (Å²) in [6, 6.07) is 7.14. The Hall–Kier alpha value is -1.55. The van der Waals surface area contributed by atoms with E-state index in [1.165, 1.54) is 0 Å². The minimum absolute atomic E-state index is 0.0862. The van der Waals surface area contributed by atoms with Crippen LogP contribution in [0.15, 0.2) is 24.3 Å².